The molecule has 11 heteroatoms. The zero-order valence-electron chi connectivity index (χ0n) is 20.8. The minimum absolute atomic E-state index is 0.0813. The average molecular weight is 538 g/mol. The molecule has 1 atom stereocenters. The maximum atomic E-state index is 15.6. The van der Waals surface area contributed by atoms with Crippen molar-refractivity contribution in [2.75, 3.05) is 19.7 Å². The Hall–Kier alpha value is -4.09. The highest BCUT2D eigenvalue weighted by atomic mass is 19.4. The molecule has 1 aliphatic heterocycles. The fourth-order valence-corrected chi connectivity index (χ4v) is 5.03. The Morgan fingerprint density at radius 3 is 2.44 bits per heavy atom. The van der Waals surface area contributed by atoms with Gasteiger partial charge in [0, 0.05) is 25.7 Å². The number of hydrogen-bond donors (Lipinski definition) is 1. The molecule has 0 radical (unpaired) electrons. The molecule has 1 N–H and O–H groups in total. The summed E-state index contributed by atoms with van der Waals surface area (Å²) in [4.78, 5) is 6.27. The molecule has 5 aromatic rings. The summed E-state index contributed by atoms with van der Waals surface area (Å²) in [5.74, 6) is -0.757. The summed E-state index contributed by atoms with van der Waals surface area (Å²) >= 11 is 0. The van der Waals surface area contributed by atoms with Crippen molar-refractivity contribution in [3.63, 3.8) is 0 Å². The van der Waals surface area contributed by atoms with E-state index in [0.29, 0.717) is 24.5 Å². The van der Waals surface area contributed by atoms with Gasteiger partial charge in [0.1, 0.15) is 23.2 Å². The van der Waals surface area contributed by atoms with Crippen molar-refractivity contribution in [1.29, 1.82) is 0 Å². The molecule has 1 fully saturated rings. The van der Waals surface area contributed by atoms with E-state index in [4.69, 9.17) is 4.42 Å². The van der Waals surface area contributed by atoms with Gasteiger partial charge in [0.25, 0.3) is 0 Å². The Kier molecular flexibility index (Phi) is 6.19. The van der Waals surface area contributed by atoms with Gasteiger partial charge in [-0.1, -0.05) is 36.4 Å². The number of aliphatic hydroxyl groups is 1. The van der Waals surface area contributed by atoms with Crippen LogP contribution in [-0.2, 0) is 13.2 Å². The third-order valence-corrected chi connectivity index (χ3v) is 7.10. The molecule has 0 bridgehead atoms. The van der Waals surface area contributed by atoms with E-state index < -0.39 is 29.2 Å². The number of nitrogens with zero attached hydrogens (tertiary/aromatic N) is 5. The van der Waals surface area contributed by atoms with Gasteiger partial charge in [-0.2, -0.15) is 13.2 Å². The Labute approximate surface area is 220 Å². The summed E-state index contributed by atoms with van der Waals surface area (Å²) in [7, 11) is 1.68. The molecular weight excluding hydrogens is 514 g/mol. The molecule has 0 spiro atoms. The molecule has 0 saturated carbocycles. The number of hydrogen-bond acceptors (Lipinski definition) is 6. The van der Waals surface area contributed by atoms with Crippen LogP contribution in [0.15, 0.2) is 65.3 Å². The molecule has 1 aliphatic rings. The summed E-state index contributed by atoms with van der Waals surface area (Å²) in [6, 6.07) is 13.8. The minimum Gasteiger partial charge on any atom is -0.435 e. The first-order chi connectivity index (χ1) is 18.8. The van der Waals surface area contributed by atoms with E-state index in [1.54, 1.807) is 17.7 Å². The minimum atomic E-state index is -4.77. The molecule has 2 aromatic heterocycles. The highest BCUT2D eigenvalue weighted by Crippen LogP contribution is 2.44. The first kappa shape index (κ1) is 25.2. The Morgan fingerprint density at radius 1 is 1.05 bits per heavy atom. The molecule has 200 valence electrons. The van der Waals surface area contributed by atoms with Crippen LogP contribution in [0.5, 0.6) is 0 Å². The number of benzene rings is 3. The van der Waals surface area contributed by atoms with Crippen molar-refractivity contribution in [3.8, 4) is 34.0 Å². The second-order valence-electron chi connectivity index (χ2n) is 9.50. The summed E-state index contributed by atoms with van der Waals surface area (Å²) in [5, 5.41) is 18.1. The summed E-state index contributed by atoms with van der Waals surface area (Å²) in [6.07, 6.45) is -2.42. The van der Waals surface area contributed by atoms with Gasteiger partial charge >= 0.3 is 6.18 Å². The number of aryl methyl sites for hydroxylation is 1. The van der Waals surface area contributed by atoms with Gasteiger partial charge in [-0.15, -0.1) is 10.2 Å². The van der Waals surface area contributed by atoms with Crippen molar-refractivity contribution in [2.45, 2.75) is 18.6 Å². The van der Waals surface area contributed by atoms with Crippen LogP contribution in [0.3, 0.4) is 0 Å². The Balaban J connectivity index is 1.62. The maximum absolute atomic E-state index is 15.6. The molecule has 0 unspecified atom stereocenters. The van der Waals surface area contributed by atoms with Crippen LogP contribution in [0, 0.1) is 5.82 Å². The van der Waals surface area contributed by atoms with Crippen LogP contribution in [0.1, 0.15) is 23.6 Å². The van der Waals surface area contributed by atoms with E-state index in [1.165, 1.54) is 18.5 Å². The monoisotopic (exact) mass is 537 g/mol. The van der Waals surface area contributed by atoms with E-state index in [9.17, 15) is 18.3 Å². The number of alkyl halides is 3. The summed E-state index contributed by atoms with van der Waals surface area (Å²) < 4.78 is 65.6. The predicted molar refractivity (Wildman–Crippen MR) is 136 cm³/mol. The number of likely N-dealkylation sites (tertiary alicyclic amines) is 1. The van der Waals surface area contributed by atoms with Crippen LogP contribution in [0.2, 0.25) is 0 Å². The molecule has 0 aliphatic carbocycles. The van der Waals surface area contributed by atoms with Crippen molar-refractivity contribution >= 4 is 11.1 Å². The number of oxazole rings is 1. The van der Waals surface area contributed by atoms with Gasteiger partial charge in [-0.3, -0.25) is 4.90 Å². The zero-order chi connectivity index (χ0) is 27.3. The summed E-state index contributed by atoms with van der Waals surface area (Å²) in [6.45, 7) is 0.998. The van der Waals surface area contributed by atoms with E-state index in [1.807, 2.05) is 35.2 Å². The molecule has 3 aromatic carbocycles. The van der Waals surface area contributed by atoms with Crippen LogP contribution in [0.25, 0.3) is 45.1 Å². The SMILES string of the molecule is Cn1cnnc1-c1c(-c2ccccc2)ccc(F)c1-c1nc2cc([C@@H](CO)N3CCC3)cc(C(F)(F)F)c2o1. The fourth-order valence-electron chi connectivity index (χ4n) is 5.03. The van der Waals surface area contributed by atoms with E-state index >= 15 is 4.39 Å². The molecule has 1 saturated heterocycles. The third-order valence-electron chi connectivity index (χ3n) is 7.10. The average Bonchev–Trinajstić information content (AvgIpc) is 3.50. The van der Waals surface area contributed by atoms with Crippen molar-refractivity contribution in [1.82, 2.24) is 24.6 Å². The number of fused-ring (bicyclic) bond motifs is 1. The van der Waals surface area contributed by atoms with Gasteiger partial charge in [0.2, 0.25) is 5.89 Å². The van der Waals surface area contributed by atoms with Crippen molar-refractivity contribution < 1.29 is 27.1 Å². The lowest BCUT2D eigenvalue weighted by molar-refractivity contribution is -0.137. The lowest BCUT2D eigenvalue weighted by atomic mass is 9.94. The standard InChI is InChI=1S/C28H23F4N5O2/c1-36-15-33-35-26(36)23-18(16-6-3-2-4-7-16)8-9-20(29)24(23)27-34-21-13-17(22(14-38)37-10-5-11-37)12-19(25(21)39-27)28(30,31)32/h2-4,6-9,12-13,15,22,38H,5,10-11,14H2,1H3/t22-/m1/s1. The lowest BCUT2D eigenvalue weighted by Crippen LogP contribution is -2.41. The first-order valence-corrected chi connectivity index (χ1v) is 12.4. The number of aromatic nitrogens is 4. The molecule has 39 heavy (non-hydrogen) atoms. The summed E-state index contributed by atoms with van der Waals surface area (Å²) in [5.41, 5.74) is 0.135. The second kappa shape index (κ2) is 9.58. The molecule has 0 amide bonds. The second-order valence-corrected chi connectivity index (χ2v) is 9.50. The van der Waals surface area contributed by atoms with Gasteiger partial charge < -0.3 is 14.1 Å². The highest BCUT2D eigenvalue weighted by Gasteiger charge is 2.38. The predicted octanol–water partition coefficient (Wildman–Crippen LogP) is 5.85. The van der Waals surface area contributed by atoms with Gasteiger partial charge in [-0.05, 0) is 41.3 Å². The zero-order valence-corrected chi connectivity index (χ0v) is 20.8. The van der Waals surface area contributed by atoms with Crippen molar-refractivity contribution in [3.05, 3.63) is 77.9 Å². The topological polar surface area (TPSA) is 80.2 Å². The number of rotatable bonds is 6. The smallest absolute Gasteiger partial charge is 0.420 e. The maximum Gasteiger partial charge on any atom is 0.420 e. The van der Waals surface area contributed by atoms with Gasteiger partial charge in [-0.25, -0.2) is 9.37 Å². The molecule has 3 heterocycles. The molecular formula is C28H23F4N5O2. The Morgan fingerprint density at radius 2 is 1.82 bits per heavy atom. The van der Waals surface area contributed by atoms with E-state index in [2.05, 4.69) is 15.2 Å². The van der Waals surface area contributed by atoms with Gasteiger partial charge in [0.05, 0.1) is 18.2 Å². The highest BCUT2D eigenvalue weighted by molar-refractivity contribution is 5.92. The van der Waals surface area contributed by atoms with Crippen LogP contribution in [0.4, 0.5) is 17.6 Å². The first-order valence-electron chi connectivity index (χ1n) is 12.4. The molecule has 7 nitrogen and oxygen atoms in total. The largest absolute Gasteiger partial charge is 0.435 e. The van der Waals surface area contributed by atoms with Crippen LogP contribution in [-0.4, -0.2) is 49.5 Å². The quantitative estimate of drug-likeness (QED) is 0.274. The molecule has 6 rings (SSSR count). The van der Waals surface area contributed by atoms with E-state index in [-0.39, 0.29) is 34.7 Å². The number of aliphatic hydroxyl groups excluding tert-OH is 1. The lowest BCUT2D eigenvalue weighted by Gasteiger charge is -2.37. The third kappa shape index (κ3) is 4.37. The fraction of sp³-hybridized carbons (Fsp3) is 0.250. The normalized spacial score (nSPS) is 15.0. The number of halogens is 4. The Bertz CT molecular complexity index is 1660. The van der Waals surface area contributed by atoms with Crippen LogP contribution >= 0.6 is 0 Å². The van der Waals surface area contributed by atoms with Crippen molar-refractivity contribution in [2.24, 2.45) is 7.05 Å². The van der Waals surface area contributed by atoms with E-state index in [0.717, 1.165) is 18.1 Å². The van der Waals surface area contributed by atoms with Gasteiger partial charge in [0.15, 0.2) is 11.4 Å². The van der Waals surface area contributed by atoms with Crippen LogP contribution < -0.4 is 0 Å².